The highest BCUT2D eigenvalue weighted by Crippen LogP contribution is 2.16. The lowest BCUT2D eigenvalue weighted by molar-refractivity contribution is 0.945. The van der Waals surface area contributed by atoms with E-state index in [9.17, 15) is 0 Å². The average Bonchev–Trinajstić information content (AvgIpc) is 2.28. The first kappa shape index (κ1) is 7.76. The monoisotopic (exact) mass is 202 g/mol. The summed E-state index contributed by atoms with van der Waals surface area (Å²) in [6, 6.07) is 0. The molecule has 0 aliphatic carbocycles. The minimum atomic E-state index is 0.178. The number of imidazole rings is 1. The molecular formula is C6H4Cl2N4. The number of aryl methyl sites for hydroxylation is 1. The Kier molecular flexibility index (Phi) is 1.66. The highest BCUT2D eigenvalue weighted by molar-refractivity contribution is 6.29. The zero-order valence-electron chi connectivity index (χ0n) is 6.12. The van der Waals surface area contributed by atoms with E-state index in [1.54, 1.807) is 17.8 Å². The summed E-state index contributed by atoms with van der Waals surface area (Å²) in [6.07, 6.45) is 1.59. The van der Waals surface area contributed by atoms with Crippen molar-refractivity contribution in [1.29, 1.82) is 0 Å². The number of halogens is 2. The van der Waals surface area contributed by atoms with E-state index in [-0.39, 0.29) is 5.28 Å². The molecule has 0 aromatic carbocycles. The Hall–Kier alpha value is -0.870. The molecule has 2 heterocycles. The van der Waals surface area contributed by atoms with Crippen molar-refractivity contribution in [2.45, 2.75) is 0 Å². The van der Waals surface area contributed by atoms with Gasteiger partial charge in [-0.3, -0.25) is 0 Å². The van der Waals surface area contributed by atoms with Gasteiger partial charge in [-0.2, -0.15) is 9.97 Å². The van der Waals surface area contributed by atoms with Crippen LogP contribution in [0.25, 0.3) is 11.2 Å². The first-order chi connectivity index (χ1) is 5.68. The minimum Gasteiger partial charge on any atom is -0.315 e. The molecule has 2 rings (SSSR count). The van der Waals surface area contributed by atoms with Gasteiger partial charge in [0, 0.05) is 7.05 Å². The van der Waals surface area contributed by atoms with Crippen LogP contribution in [0.5, 0.6) is 0 Å². The fourth-order valence-corrected chi connectivity index (χ4v) is 1.23. The first-order valence-corrected chi connectivity index (χ1v) is 3.94. The van der Waals surface area contributed by atoms with Crippen LogP contribution in [0.1, 0.15) is 0 Å². The van der Waals surface area contributed by atoms with Gasteiger partial charge in [-0.25, -0.2) is 4.98 Å². The second kappa shape index (κ2) is 2.57. The molecule has 0 amide bonds. The zero-order chi connectivity index (χ0) is 8.72. The molecule has 0 saturated heterocycles. The summed E-state index contributed by atoms with van der Waals surface area (Å²) in [5.74, 6) is 0. The van der Waals surface area contributed by atoms with E-state index in [1.807, 2.05) is 0 Å². The minimum absolute atomic E-state index is 0.178. The standard InChI is InChI=1S/C6H4Cl2N4/c1-12-3-2-9-5(7)10-4(3)11-6(12)8/h2H,1H3. The van der Waals surface area contributed by atoms with Crippen LogP contribution in [0.4, 0.5) is 0 Å². The summed E-state index contributed by atoms with van der Waals surface area (Å²) in [6.45, 7) is 0. The van der Waals surface area contributed by atoms with Crippen molar-refractivity contribution >= 4 is 34.4 Å². The van der Waals surface area contributed by atoms with E-state index < -0.39 is 0 Å². The quantitative estimate of drug-likeness (QED) is 0.483. The van der Waals surface area contributed by atoms with Crippen molar-refractivity contribution in [2.75, 3.05) is 0 Å². The maximum absolute atomic E-state index is 5.75. The lowest BCUT2D eigenvalue weighted by atomic mass is 10.5. The van der Waals surface area contributed by atoms with Gasteiger partial charge in [0.25, 0.3) is 0 Å². The molecule has 0 aliphatic rings. The molecular weight excluding hydrogens is 199 g/mol. The molecule has 0 fully saturated rings. The van der Waals surface area contributed by atoms with E-state index in [2.05, 4.69) is 15.0 Å². The third-order valence-electron chi connectivity index (χ3n) is 1.56. The van der Waals surface area contributed by atoms with Gasteiger partial charge in [0.1, 0.15) is 5.52 Å². The van der Waals surface area contributed by atoms with Crippen molar-refractivity contribution in [3.8, 4) is 0 Å². The van der Waals surface area contributed by atoms with Crippen LogP contribution >= 0.6 is 23.2 Å². The highest BCUT2D eigenvalue weighted by Gasteiger charge is 2.06. The molecule has 0 spiro atoms. The maximum Gasteiger partial charge on any atom is 0.224 e. The molecule has 0 radical (unpaired) electrons. The summed E-state index contributed by atoms with van der Waals surface area (Å²) in [4.78, 5) is 11.7. The van der Waals surface area contributed by atoms with E-state index in [0.29, 0.717) is 10.9 Å². The third-order valence-corrected chi connectivity index (χ3v) is 2.08. The van der Waals surface area contributed by atoms with Gasteiger partial charge < -0.3 is 4.57 Å². The molecule has 0 unspecified atom stereocenters. The molecule has 0 aliphatic heterocycles. The van der Waals surface area contributed by atoms with Gasteiger partial charge in [0.05, 0.1) is 6.20 Å². The summed E-state index contributed by atoms with van der Waals surface area (Å²) in [5.41, 5.74) is 1.28. The largest absolute Gasteiger partial charge is 0.315 e. The lowest BCUT2D eigenvalue weighted by Crippen LogP contribution is -1.88. The topological polar surface area (TPSA) is 43.6 Å². The fraction of sp³-hybridized carbons (Fsp3) is 0.167. The second-order valence-corrected chi connectivity index (χ2v) is 2.96. The molecule has 62 valence electrons. The predicted octanol–water partition coefficient (Wildman–Crippen LogP) is 1.67. The van der Waals surface area contributed by atoms with Gasteiger partial charge in [-0.1, -0.05) is 0 Å². The molecule has 6 heteroatoms. The van der Waals surface area contributed by atoms with Gasteiger partial charge in [0.15, 0.2) is 5.65 Å². The lowest BCUT2D eigenvalue weighted by Gasteiger charge is -1.92. The van der Waals surface area contributed by atoms with Crippen LogP contribution in [0.3, 0.4) is 0 Å². The first-order valence-electron chi connectivity index (χ1n) is 3.19. The van der Waals surface area contributed by atoms with Crippen molar-refractivity contribution in [2.24, 2.45) is 7.05 Å². The normalized spacial score (nSPS) is 10.9. The van der Waals surface area contributed by atoms with Gasteiger partial charge in [0.2, 0.25) is 10.6 Å². The predicted molar refractivity (Wildman–Crippen MR) is 46.3 cm³/mol. The van der Waals surface area contributed by atoms with Gasteiger partial charge in [-0.15, -0.1) is 0 Å². The van der Waals surface area contributed by atoms with Crippen LogP contribution in [0.2, 0.25) is 10.6 Å². The van der Waals surface area contributed by atoms with Crippen LogP contribution in [0.15, 0.2) is 6.20 Å². The van der Waals surface area contributed by atoms with Crippen LogP contribution < -0.4 is 0 Å². The molecule has 12 heavy (non-hydrogen) atoms. The van der Waals surface area contributed by atoms with Crippen molar-refractivity contribution in [1.82, 2.24) is 19.5 Å². The number of fused-ring (bicyclic) bond motifs is 1. The van der Waals surface area contributed by atoms with Crippen molar-refractivity contribution in [3.05, 3.63) is 16.8 Å². The summed E-state index contributed by atoms with van der Waals surface area (Å²) in [7, 11) is 1.79. The summed E-state index contributed by atoms with van der Waals surface area (Å²) >= 11 is 11.3. The average molecular weight is 203 g/mol. The van der Waals surface area contributed by atoms with Gasteiger partial charge in [-0.05, 0) is 23.2 Å². The molecule has 0 N–H and O–H groups in total. The Bertz CT molecular complexity index is 436. The van der Waals surface area contributed by atoms with E-state index in [0.717, 1.165) is 5.52 Å². The maximum atomic E-state index is 5.75. The van der Waals surface area contributed by atoms with E-state index in [4.69, 9.17) is 23.2 Å². The number of hydrogen-bond donors (Lipinski definition) is 0. The smallest absolute Gasteiger partial charge is 0.224 e. The van der Waals surface area contributed by atoms with E-state index >= 15 is 0 Å². The zero-order valence-corrected chi connectivity index (χ0v) is 7.63. The molecule has 0 saturated carbocycles. The molecule has 0 bridgehead atoms. The Morgan fingerprint density at radius 1 is 1.33 bits per heavy atom. The van der Waals surface area contributed by atoms with Crippen molar-refractivity contribution < 1.29 is 0 Å². The third kappa shape index (κ3) is 1.04. The van der Waals surface area contributed by atoms with E-state index in [1.165, 1.54) is 0 Å². The number of hydrogen-bond acceptors (Lipinski definition) is 3. The molecule has 2 aromatic rings. The Balaban J connectivity index is 2.87. The number of rotatable bonds is 0. The summed E-state index contributed by atoms with van der Waals surface area (Å²) in [5, 5.41) is 0.554. The van der Waals surface area contributed by atoms with Crippen molar-refractivity contribution in [3.63, 3.8) is 0 Å². The second-order valence-electron chi connectivity index (χ2n) is 2.29. The molecule has 2 aromatic heterocycles. The molecule has 4 nitrogen and oxygen atoms in total. The Morgan fingerprint density at radius 2 is 2.08 bits per heavy atom. The van der Waals surface area contributed by atoms with Crippen LogP contribution in [-0.2, 0) is 7.05 Å². The Morgan fingerprint density at radius 3 is 2.83 bits per heavy atom. The number of nitrogens with zero attached hydrogens (tertiary/aromatic N) is 4. The van der Waals surface area contributed by atoms with Gasteiger partial charge >= 0.3 is 0 Å². The van der Waals surface area contributed by atoms with Crippen LogP contribution in [-0.4, -0.2) is 19.5 Å². The Labute approximate surface area is 78.2 Å². The van der Waals surface area contributed by atoms with Crippen LogP contribution in [0, 0.1) is 0 Å². The number of aromatic nitrogens is 4. The highest BCUT2D eigenvalue weighted by atomic mass is 35.5. The fourth-order valence-electron chi connectivity index (χ4n) is 0.926. The molecule has 0 atom stereocenters. The SMILES string of the molecule is Cn1c(Cl)nc2nc(Cl)ncc21. The summed E-state index contributed by atoms with van der Waals surface area (Å²) < 4.78 is 1.69.